The molecule has 1 aromatic heterocycles. The van der Waals surface area contributed by atoms with E-state index in [1.807, 2.05) is 23.0 Å². The molecule has 5 rings (SSSR count). The van der Waals surface area contributed by atoms with Crippen molar-refractivity contribution in [2.24, 2.45) is 5.92 Å². The minimum Gasteiger partial charge on any atom is -0.493 e. The van der Waals surface area contributed by atoms with Gasteiger partial charge in [0.25, 0.3) is 0 Å². The highest BCUT2D eigenvalue weighted by molar-refractivity contribution is 5.89. The first-order valence-corrected chi connectivity index (χ1v) is 15.3. The van der Waals surface area contributed by atoms with Crippen molar-refractivity contribution in [1.82, 2.24) is 19.9 Å². The number of nitrogens with zero attached hydrogens (tertiary/aromatic N) is 4. The van der Waals surface area contributed by atoms with Crippen LogP contribution in [0.25, 0.3) is 0 Å². The molecule has 1 saturated heterocycles. The van der Waals surface area contributed by atoms with Crippen molar-refractivity contribution in [3.05, 3.63) is 29.6 Å². The first-order valence-electron chi connectivity index (χ1n) is 15.3. The average Bonchev–Trinajstić information content (AvgIpc) is 3.48. The van der Waals surface area contributed by atoms with Gasteiger partial charge in [-0.25, -0.2) is 9.48 Å². The van der Waals surface area contributed by atoms with Crippen LogP contribution in [-0.4, -0.2) is 71.8 Å². The van der Waals surface area contributed by atoms with Crippen LogP contribution >= 0.6 is 0 Å². The third-order valence-electron chi connectivity index (χ3n) is 8.90. The molecule has 0 spiro atoms. The highest BCUT2D eigenvalue weighted by atomic mass is 16.5. The lowest BCUT2D eigenvalue weighted by atomic mass is 9.75. The van der Waals surface area contributed by atoms with E-state index in [9.17, 15) is 9.59 Å². The van der Waals surface area contributed by atoms with Crippen LogP contribution in [0.2, 0.25) is 0 Å². The van der Waals surface area contributed by atoms with Gasteiger partial charge in [-0.15, -0.1) is 5.10 Å². The van der Waals surface area contributed by atoms with E-state index in [0.717, 1.165) is 49.8 Å². The van der Waals surface area contributed by atoms with E-state index >= 15 is 0 Å². The molecule has 1 aromatic carbocycles. The fraction of sp³-hybridized carbons (Fsp3) is 0.677. The van der Waals surface area contributed by atoms with Gasteiger partial charge in [0.15, 0.2) is 11.5 Å². The summed E-state index contributed by atoms with van der Waals surface area (Å²) in [4.78, 5) is 29.7. The number of hydrogen-bond acceptors (Lipinski definition) is 8. The Balaban J connectivity index is 1.54. The lowest BCUT2D eigenvalue weighted by Crippen LogP contribution is -2.51. The zero-order chi connectivity index (χ0) is 28.8. The number of cyclic esters (lactones) is 1. The number of esters is 1. The summed E-state index contributed by atoms with van der Waals surface area (Å²) < 4.78 is 25.4. The number of ether oxygens (including phenoxy) is 4. The van der Waals surface area contributed by atoms with Crippen molar-refractivity contribution in [3.8, 4) is 17.2 Å². The quantitative estimate of drug-likeness (QED) is 0.484. The van der Waals surface area contributed by atoms with Crippen molar-refractivity contribution in [3.63, 3.8) is 0 Å². The van der Waals surface area contributed by atoms with Crippen LogP contribution in [0.1, 0.15) is 94.3 Å². The summed E-state index contributed by atoms with van der Waals surface area (Å²) >= 11 is 0. The van der Waals surface area contributed by atoms with E-state index < -0.39 is 12.0 Å². The van der Waals surface area contributed by atoms with Crippen molar-refractivity contribution >= 4 is 11.9 Å². The molecule has 0 N–H and O–H groups in total. The monoisotopic (exact) mass is 568 g/mol. The van der Waals surface area contributed by atoms with E-state index in [4.69, 9.17) is 18.9 Å². The molecule has 224 valence electrons. The zero-order valence-electron chi connectivity index (χ0n) is 24.7. The minimum absolute atomic E-state index is 0.000986. The lowest BCUT2D eigenvalue weighted by Gasteiger charge is -2.39. The third kappa shape index (κ3) is 6.62. The molecule has 10 nitrogen and oxygen atoms in total. The molecule has 2 aliphatic heterocycles. The van der Waals surface area contributed by atoms with E-state index in [1.165, 1.54) is 6.42 Å². The predicted molar refractivity (Wildman–Crippen MR) is 152 cm³/mol. The van der Waals surface area contributed by atoms with Gasteiger partial charge >= 0.3 is 5.97 Å². The zero-order valence-corrected chi connectivity index (χ0v) is 24.7. The Hall–Kier alpha value is -3.30. The summed E-state index contributed by atoms with van der Waals surface area (Å²) in [6, 6.07) is 3.37. The molecule has 3 heterocycles. The molecule has 0 radical (unpaired) electrons. The summed E-state index contributed by atoms with van der Waals surface area (Å²) in [7, 11) is 3.20. The molecule has 1 aliphatic carbocycles. The van der Waals surface area contributed by atoms with Gasteiger partial charge in [0.2, 0.25) is 11.7 Å². The Morgan fingerprint density at radius 1 is 0.902 bits per heavy atom. The Morgan fingerprint density at radius 3 is 2.49 bits per heavy atom. The van der Waals surface area contributed by atoms with Crippen LogP contribution in [0.5, 0.6) is 17.2 Å². The van der Waals surface area contributed by atoms with E-state index in [0.29, 0.717) is 62.7 Å². The van der Waals surface area contributed by atoms with Gasteiger partial charge < -0.3 is 23.8 Å². The first kappa shape index (κ1) is 29.2. The fourth-order valence-corrected chi connectivity index (χ4v) is 6.58. The number of aryl methyl sites for hydroxylation is 1. The number of rotatable bonds is 3. The molecule has 10 heteroatoms. The van der Waals surface area contributed by atoms with Crippen LogP contribution in [0.3, 0.4) is 0 Å². The second kappa shape index (κ2) is 13.6. The van der Waals surface area contributed by atoms with Gasteiger partial charge in [0.1, 0.15) is 6.04 Å². The van der Waals surface area contributed by atoms with Crippen LogP contribution in [-0.2, 0) is 20.7 Å². The van der Waals surface area contributed by atoms with Gasteiger partial charge in [0, 0.05) is 19.2 Å². The number of benzene rings is 1. The number of methoxy groups -OCH3 is 2. The maximum Gasteiger partial charge on any atom is 0.328 e. The summed E-state index contributed by atoms with van der Waals surface area (Å²) in [5.41, 5.74) is 1.70. The van der Waals surface area contributed by atoms with Gasteiger partial charge in [-0.05, 0) is 75.5 Å². The number of piperidine rings is 1. The van der Waals surface area contributed by atoms with Crippen molar-refractivity contribution in [2.45, 2.75) is 95.6 Å². The van der Waals surface area contributed by atoms with Gasteiger partial charge in [-0.3, -0.25) is 4.79 Å². The highest BCUT2D eigenvalue weighted by Gasteiger charge is 2.41. The average molecular weight is 569 g/mol. The molecule has 0 unspecified atom stereocenters. The number of aromatic nitrogens is 3. The maximum absolute atomic E-state index is 14.5. The van der Waals surface area contributed by atoms with Gasteiger partial charge in [0.05, 0.1) is 45.1 Å². The Kier molecular flexibility index (Phi) is 9.67. The molecule has 2 fully saturated rings. The standard InChI is InChI=1S/C31H44N4O6/c1-21-14-17-40-27-19-23(18-26(38-2)29(27)39-3)28(22-10-5-4-6-11-22)30(36)34-15-8-7-13-25(34)31(37)41-16-9-12-24-20-35(21)33-32-24/h18-22,25,28H,4-17H2,1-3H3/t21-,25+,28+/m1/s1. The Morgan fingerprint density at radius 2 is 1.71 bits per heavy atom. The fourth-order valence-electron chi connectivity index (χ4n) is 6.58. The van der Waals surface area contributed by atoms with Gasteiger partial charge in [-0.2, -0.15) is 0 Å². The number of carbonyl (C=O) groups excluding carboxylic acids is 2. The normalized spacial score (nSPS) is 25.1. The highest BCUT2D eigenvalue weighted by Crippen LogP contribution is 2.45. The molecule has 3 atom stereocenters. The lowest BCUT2D eigenvalue weighted by molar-refractivity contribution is -0.158. The number of carbonyl (C=O) groups is 2. The van der Waals surface area contributed by atoms with Crippen molar-refractivity contribution < 1.29 is 28.5 Å². The molecule has 4 bridgehead atoms. The van der Waals surface area contributed by atoms with Crippen LogP contribution in [0, 0.1) is 5.92 Å². The smallest absolute Gasteiger partial charge is 0.328 e. The summed E-state index contributed by atoms with van der Waals surface area (Å²) in [5, 5.41) is 8.61. The number of hydrogen-bond donors (Lipinski definition) is 0. The molecule has 1 saturated carbocycles. The SMILES string of the molecule is COc1cc2cc(c1OC)OCC[C@@H](C)n1cc(nn1)CCCOC(=O)[C@@H]1CCCCN1C(=O)[C@H]2C1CCCCC1. The van der Waals surface area contributed by atoms with Gasteiger partial charge in [-0.1, -0.05) is 24.5 Å². The molecular weight excluding hydrogens is 524 g/mol. The molecule has 1 amide bonds. The molecule has 3 aliphatic rings. The topological polar surface area (TPSA) is 105 Å². The van der Waals surface area contributed by atoms with Crippen molar-refractivity contribution in [2.75, 3.05) is 34.0 Å². The summed E-state index contributed by atoms with van der Waals surface area (Å²) in [6.07, 6.45) is 11.7. The van der Waals surface area contributed by atoms with Crippen LogP contribution in [0.4, 0.5) is 0 Å². The maximum atomic E-state index is 14.5. The second-order valence-electron chi connectivity index (χ2n) is 11.6. The van der Waals surface area contributed by atoms with Crippen LogP contribution < -0.4 is 14.2 Å². The van der Waals surface area contributed by atoms with E-state index in [-0.39, 0.29) is 23.8 Å². The van der Waals surface area contributed by atoms with E-state index in [2.05, 4.69) is 17.2 Å². The minimum atomic E-state index is -0.568. The Bertz CT molecular complexity index is 1190. The third-order valence-corrected chi connectivity index (χ3v) is 8.90. The van der Waals surface area contributed by atoms with Crippen LogP contribution in [0.15, 0.2) is 18.3 Å². The number of amides is 1. The first-order chi connectivity index (χ1) is 20.0. The predicted octanol–water partition coefficient (Wildman–Crippen LogP) is 4.86. The summed E-state index contributed by atoms with van der Waals surface area (Å²) in [6.45, 7) is 3.35. The second-order valence-corrected chi connectivity index (χ2v) is 11.6. The van der Waals surface area contributed by atoms with E-state index in [1.54, 1.807) is 19.1 Å². The number of fused-ring (bicyclic) bond motifs is 5. The largest absolute Gasteiger partial charge is 0.493 e. The Labute approximate surface area is 242 Å². The summed E-state index contributed by atoms with van der Waals surface area (Å²) in [5.74, 6) is 1.05. The molecular formula is C31H44N4O6. The molecule has 2 aromatic rings. The van der Waals surface area contributed by atoms with Crippen molar-refractivity contribution in [1.29, 1.82) is 0 Å². The molecule has 41 heavy (non-hydrogen) atoms.